The largest absolute Gasteiger partial charge is 0.480 e. The first kappa shape index (κ1) is 18.0. The minimum atomic E-state index is -3.99. The van der Waals surface area contributed by atoms with Crippen molar-refractivity contribution in [1.82, 2.24) is 5.32 Å². The zero-order valence-electron chi connectivity index (χ0n) is 10.7. The highest BCUT2D eigenvalue weighted by Gasteiger charge is 2.16. The van der Waals surface area contributed by atoms with Gasteiger partial charge in [-0.15, -0.1) is 0 Å². The van der Waals surface area contributed by atoms with Gasteiger partial charge in [0.2, 0.25) is 0 Å². The molecular weight excluding hydrogens is 274 g/mol. The molecule has 0 rings (SSSR count). The van der Waals surface area contributed by atoms with E-state index in [1.807, 2.05) is 0 Å². The van der Waals surface area contributed by atoms with Gasteiger partial charge in [-0.25, -0.2) is 0 Å². The number of aldehydes is 1. The molecule has 0 aromatic rings. The van der Waals surface area contributed by atoms with Crippen LogP contribution in [0.5, 0.6) is 0 Å². The number of aliphatic carboxylic acids is 1. The zero-order chi connectivity index (χ0) is 14.7. The molecule has 7 nitrogen and oxygen atoms in total. The molecule has 0 saturated carbocycles. The average Bonchev–Trinajstić information content (AvgIpc) is 2.29. The van der Waals surface area contributed by atoms with E-state index in [9.17, 15) is 18.0 Å². The van der Waals surface area contributed by atoms with Gasteiger partial charge in [-0.1, -0.05) is 12.8 Å². The van der Waals surface area contributed by atoms with Crippen LogP contribution in [-0.2, 0) is 19.7 Å². The lowest BCUT2D eigenvalue weighted by molar-refractivity contribution is -0.139. The maximum atomic E-state index is 10.9. The van der Waals surface area contributed by atoms with E-state index in [1.165, 1.54) is 0 Å². The molecule has 0 fully saturated rings. The number of nitrogens with one attached hydrogen (secondary N) is 1. The van der Waals surface area contributed by atoms with Gasteiger partial charge >= 0.3 is 5.97 Å². The molecule has 112 valence electrons. The third-order valence-corrected chi connectivity index (χ3v) is 3.39. The molecule has 8 heteroatoms. The molecule has 3 N–H and O–H groups in total. The number of carbonyl (C=O) groups excluding carboxylic acids is 1. The predicted molar refractivity (Wildman–Crippen MR) is 69.6 cm³/mol. The van der Waals surface area contributed by atoms with Crippen LogP contribution in [0.3, 0.4) is 0 Å². The number of rotatable bonds is 12. The SMILES string of the molecule is O=CCCCCCC(NCCCS(=O)(=O)O)C(=O)O. The summed E-state index contributed by atoms with van der Waals surface area (Å²) in [4.78, 5) is 21.0. The molecule has 1 atom stereocenters. The Balaban J connectivity index is 3.80. The van der Waals surface area contributed by atoms with Gasteiger partial charge in [0.05, 0.1) is 5.75 Å². The number of hydrogen-bond donors (Lipinski definition) is 3. The van der Waals surface area contributed by atoms with Gasteiger partial charge in [-0.05, 0) is 25.8 Å². The molecule has 0 heterocycles. The van der Waals surface area contributed by atoms with Crippen LogP contribution in [0.2, 0.25) is 0 Å². The lowest BCUT2D eigenvalue weighted by atomic mass is 10.1. The monoisotopic (exact) mass is 295 g/mol. The fourth-order valence-electron chi connectivity index (χ4n) is 1.60. The maximum Gasteiger partial charge on any atom is 0.320 e. The van der Waals surface area contributed by atoms with E-state index in [0.29, 0.717) is 19.3 Å². The average molecular weight is 295 g/mol. The smallest absolute Gasteiger partial charge is 0.320 e. The van der Waals surface area contributed by atoms with Gasteiger partial charge in [0.15, 0.2) is 0 Å². The minimum Gasteiger partial charge on any atom is -0.480 e. The second kappa shape index (κ2) is 9.88. The Labute approximate surface area is 113 Å². The molecule has 19 heavy (non-hydrogen) atoms. The van der Waals surface area contributed by atoms with Crippen molar-refractivity contribution < 1.29 is 27.7 Å². The highest BCUT2D eigenvalue weighted by Crippen LogP contribution is 2.05. The van der Waals surface area contributed by atoms with E-state index in [2.05, 4.69) is 5.32 Å². The van der Waals surface area contributed by atoms with Crippen molar-refractivity contribution in [2.24, 2.45) is 0 Å². The number of carbonyl (C=O) groups is 2. The molecule has 0 aliphatic rings. The van der Waals surface area contributed by atoms with E-state index in [1.54, 1.807) is 0 Å². The van der Waals surface area contributed by atoms with Crippen molar-refractivity contribution in [2.75, 3.05) is 12.3 Å². The first-order valence-electron chi connectivity index (χ1n) is 6.22. The molecule has 0 radical (unpaired) electrons. The second-order valence-corrected chi connectivity index (χ2v) is 5.86. The summed E-state index contributed by atoms with van der Waals surface area (Å²) in [7, 11) is -3.99. The summed E-state index contributed by atoms with van der Waals surface area (Å²) in [5.74, 6) is -1.37. The Bertz CT molecular complexity index is 367. The fraction of sp³-hybridized carbons (Fsp3) is 0.818. The van der Waals surface area contributed by atoms with E-state index in [-0.39, 0.29) is 18.7 Å². The summed E-state index contributed by atoms with van der Waals surface area (Å²) in [5, 5.41) is 11.7. The lowest BCUT2D eigenvalue weighted by Gasteiger charge is -2.13. The number of carboxylic acids is 1. The summed E-state index contributed by atoms with van der Waals surface area (Å²) in [6.07, 6.45) is 4.14. The first-order valence-corrected chi connectivity index (χ1v) is 7.82. The highest BCUT2D eigenvalue weighted by molar-refractivity contribution is 7.85. The topological polar surface area (TPSA) is 121 Å². The van der Waals surface area contributed by atoms with Gasteiger partial charge in [0, 0.05) is 6.42 Å². The van der Waals surface area contributed by atoms with E-state index in [0.717, 1.165) is 19.1 Å². The van der Waals surface area contributed by atoms with Crippen molar-refractivity contribution in [3.8, 4) is 0 Å². The first-order chi connectivity index (χ1) is 8.87. The van der Waals surface area contributed by atoms with Gasteiger partial charge in [0.1, 0.15) is 12.3 Å². The molecule has 0 saturated heterocycles. The summed E-state index contributed by atoms with van der Waals surface area (Å²) in [6.45, 7) is 0.213. The van der Waals surface area contributed by atoms with E-state index >= 15 is 0 Å². The molecule has 0 aromatic carbocycles. The number of carboxylic acid groups (broad SMARTS) is 1. The van der Waals surface area contributed by atoms with Crippen molar-refractivity contribution in [2.45, 2.75) is 44.6 Å². The standard InChI is InChI=1S/C11H21NO6S/c13-8-4-2-1-3-6-10(11(14)15)12-7-5-9-19(16,17)18/h8,10,12H,1-7,9H2,(H,14,15)(H,16,17,18). The summed E-state index contributed by atoms with van der Waals surface area (Å²) < 4.78 is 29.4. The van der Waals surface area contributed by atoms with E-state index in [4.69, 9.17) is 9.66 Å². The van der Waals surface area contributed by atoms with Gasteiger partial charge in [-0.2, -0.15) is 8.42 Å². The minimum absolute atomic E-state index is 0.160. The van der Waals surface area contributed by atoms with Gasteiger partial charge < -0.3 is 15.2 Å². The van der Waals surface area contributed by atoms with Crippen LogP contribution in [0.25, 0.3) is 0 Å². The van der Waals surface area contributed by atoms with Crippen LogP contribution in [0.4, 0.5) is 0 Å². The molecular formula is C11H21NO6S. The normalized spacial score (nSPS) is 13.1. The zero-order valence-corrected chi connectivity index (χ0v) is 11.6. The fourth-order valence-corrected chi connectivity index (χ4v) is 2.11. The molecule has 0 aliphatic heterocycles. The number of hydrogen-bond acceptors (Lipinski definition) is 5. The van der Waals surface area contributed by atoms with E-state index < -0.39 is 22.1 Å². The van der Waals surface area contributed by atoms with Crippen molar-refractivity contribution in [1.29, 1.82) is 0 Å². The lowest BCUT2D eigenvalue weighted by Crippen LogP contribution is -2.37. The Kier molecular flexibility index (Phi) is 9.36. The van der Waals surface area contributed by atoms with Crippen LogP contribution < -0.4 is 5.32 Å². The number of unbranched alkanes of at least 4 members (excludes halogenated alkanes) is 3. The van der Waals surface area contributed by atoms with Crippen LogP contribution in [0.15, 0.2) is 0 Å². The molecule has 0 aliphatic carbocycles. The highest BCUT2D eigenvalue weighted by atomic mass is 32.2. The van der Waals surface area contributed by atoms with Gasteiger partial charge in [-0.3, -0.25) is 9.35 Å². The summed E-state index contributed by atoms with van der Waals surface area (Å²) in [5.41, 5.74) is 0. The molecule has 0 aromatic heterocycles. The summed E-state index contributed by atoms with van der Waals surface area (Å²) in [6, 6.07) is -0.724. The van der Waals surface area contributed by atoms with Crippen LogP contribution in [0, 0.1) is 0 Å². The Morgan fingerprint density at radius 3 is 2.42 bits per heavy atom. The molecule has 1 unspecified atom stereocenters. The Morgan fingerprint density at radius 2 is 1.89 bits per heavy atom. The quantitative estimate of drug-likeness (QED) is 0.271. The Morgan fingerprint density at radius 1 is 1.21 bits per heavy atom. The molecule has 0 spiro atoms. The molecule has 0 bridgehead atoms. The van der Waals surface area contributed by atoms with Gasteiger partial charge in [0.25, 0.3) is 10.1 Å². The van der Waals surface area contributed by atoms with Crippen molar-refractivity contribution in [3.63, 3.8) is 0 Å². The Hall–Kier alpha value is -0.990. The maximum absolute atomic E-state index is 10.9. The predicted octanol–water partition coefficient (Wildman–Crippen LogP) is 0.457. The van der Waals surface area contributed by atoms with Crippen molar-refractivity contribution >= 4 is 22.4 Å². The summed E-state index contributed by atoms with van der Waals surface area (Å²) >= 11 is 0. The van der Waals surface area contributed by atoms with Crippen LogP contribution >= 0.6 is 0 Å². The second-order valence-electron chi connectivity index (χ2n) is 4.29. The molecule has 0 amide bonds. The third-order valence-electron chi connectivity index (χ3n) is 2.58. The van der Waals surface area contributed by atoms with Crippen molar-refractivity contribution in [3.05, 3.63) is 0 Å². The van der Waals surface area contributed by atoms with Crippen LogP contribution in [-0.4, -0.2) is 48.7 Å². The third kappa shape index (κ3) is 11.8. The van der Waals surface area contributed by atoms with Crippen LogP contribution in [0.1, 0.15) is 38.5 Å².